The molecular formula is C22H28N5S+. The van der Waals surface area contributed by atoms with Gasteiger partial charge < -0.3 is 4.90 Å². The summed E-state index contributed by atoms with van der Waals surface area (Å²) in [4.78, 5) is 5.49. The summed E-state index contributed by atoms with van der Waals surface area (Å²) in [6.45, 7) is 6.15. The molecule has 1 unspecified atom stereocenters. The van der Waals surface area contributed by atoms with E-state index in [1.54, 1.807) is 0 Å². The molecule has 1 fully saturated rings. The fourth-order valence-electron chi connectivity index (χ4n) is 3.56. The first-order valence-corrected chi connectivity index (χ1v) is 10.4. The van der Waals surface area contributed by atoms with Gasteiger partial charge in [0.05, 0.1) is 7.05 Å². The van der Waals surface area contributed by atoms with Gasteiger partial charge in [0.1, 0.15) is 6.54 Å². The lowest BCUT2D eigenvalue weighted by atomic mass is 10.0. The zero-order chi connectivity index (χ0) is 19.7. The van der Waals surface area contributed by atoms with E-state index in [9.17, 15) is 0 Å². The lowest BCUT2D eigenvalue weighted by molar-refractivity contribution is -0.917. The first kappa shape index (κ1) is 19.0. The number of benzene rings is 1. The van der Waals surface area contributed by atoms with E-state index in [4.69, 9.17) is 17.3 Å². The fraction of sp³-hybridized carbons (Fsp3) is 0.409. The molecule has 1 aliphatic rings. The molecule has 1 N–H and O–H groups in total. The summed E-state index contributed by atoms with van der Waals surface area (Å²) in [6.07, 6.45) is 5.99. The van der Waals surface area contributed by atoms with Crippen LogP contribution in [0.15, 0.2) is 48.8 Å². The lowest BCUT2D eigenvalue weighted by Gasteiger charge is -2.14. The number of rotatable bonds is 7. The van der Waals surface area contributed by atoms with Gasteiger partial charge in [-0.1, -0.05) is 38.1 Å². The monoisotopic (exact) mass is 394 g/mol. The molecule has 1 aromatic carbocycles. The first-order chi connectivity index (χ1) is 13.5. The summed E-state index contributed by atoms with van der Waals surface area (Å²) in [6, 6.07) is 13.5. The third kappa shape index (κ3) is 4.08. The van der Waals surface area contributed by atoms with Gasteiger partial charge in [-0.15, -0.1) is 5.10 Å². The molecule has 5 nitrogen and oxygen atoms in total. The van der Waals surface area contributed by atoms with Crippen molar-refractivity contribution in [1.29, 1.82) is 0 Å². The highest BCUT2D eigenvalue weighted by molar-refractivity contribution is 7.71. The van der Waals surface area contributed by atoms with Crippen molar-refractivity contribution in [2.45, 2.75) is 51.9 Å². The van der Waals surface area contributed by atoms with E-state index in [1.807, 2.05) is 29.2 Å². The minimum absolute atomic E-state index is 0.494. The van der Waals surface area contributed by atoms with Crippen LogP contribution in [0.4, 0.5) is 0 Å². The van der Waals surface area contributed by atoms with Crippen molar-refractivity contribution in [2.24, 2.45) is 0 Å². The van der Waals surface area contributed by atoms with Crippen LogP contribution in [0.3, 0.4) is 0 Å². The van der Waals surface area contributed by atoms with Gasteiger partial charge >= 0.3 is 0 Å². The predicted octanol–water partition coefficient (Wildman–Crippen LogP) is 3.61. The van der Waals surface area contributed by atoms with E-state index in [0.29, 0.717) is 12.0 Å². The second-order valence-corrected chi connectivity index (χ2v) is 8.50. The third-order valence-electron chi connectivity index (χ3n) is 5.29. The van der Waals surface area contributed by atoms with E-state index >= 15 is 0 Å². The SMILES string of the molecule is CC(C)c1ccc(C[NH+](C)Cn2nc(-c3ccncc3)n(C3CC3)c2=S)cc1. The Morgan fingerprint density at radius 3 is 2.39 bits per heavy atom. The van der Waals surface area contributed by atoms with Crippen molar-refractivity contribution < 1.29 is 4.90 Å². The maximum absolute atomic E-state index is 5.79. The zero-order valence-corrected chi connectivity index (χ0v) is 17.6. The molecule has 0 radical (unpaired) electrons. The molecule has 1 saturated carbocycles. The standard InChI is InChI=1S/C22H27N5S/c1-16(2)18-6-4-17(5-7-18)14-25(3)15-26-22(28)27(20-8-9-20)21(24-26)19-10-12-23-13-11-19/h4-7,10-13,16,20H,8-9,14-15H2,1-3H3/p+1. The van der Waals surface area contributed by atoms with E-state index < -0.39 is 0 Å². The molecule has 2 heterocycles. The number of nitrogens with one attached hydrogen (secondary N) is 1. The van der Waals surface area contributed by atoms with E-state index in [0.717, 1.165) is 29.4 Å². The van der Waals surface area contributed by atoms with E-state index in [1.165, 1.54) is 28.9 Å². The molecule has 0 saturated heterocycles. The second kappa shape index (κ2) is 7.97. The molecule has 0 amide bonds. The molecule has 0 aliphatic heterocycles. The van der Waals surface area contributed by atoms with Crippen LogP contribution < -0.4 is 4.90 Å². The molecule has 0 bridgehead atoms. The van der Waals surface area contributed by atoms with Gasteiger partial charge in [0.15, 0.2) is 12.5 Å². The summed E-state index contributed by atoms with van der Waals surface area (Å²) < 4.78 is 5.04. The summed E-state index contributed by atoms with van der Waals surface area (Å²) in [5.41, 5.74) is 3.80. The first-order valence-electron chi connectivity index (χ1n) is 10.0. The highest BCUT2D eigenvalue weighted by Gasteiger charge is 2.29. The van der Waals surface area contributed by atoms with Crippen molar-refractivity contribution >= 4 is 12.2 Å². The largest absolute Gasteiger partial charge is 0.315 e. The molecule has 146 valence electrons. The van der Waals surface area contributed by atoms with Gasteiger partial charge in [-0.2, -0.15) is 4.68 Å². The van der Waals surface area contributed by atoms with E-state index in [-0.39, 0.29) is 0 Å². The molecule has 0 spiro atoms. The van der Waals surface area contributed by atoms with Gasteiger partial charge in [0.2, 0.25) is 4.77 Å². The lowest BCUT2D eigenvalue weighted by Crippen LogP contribution is -3.07. The smallest absolute Gasteiger partial charge is 0.203 e. The fourth-order valence-corrected chi connectivity index (χ4v) is 3.90. The van der Waals surface area contributed by atoms with Gasteiger partial charge in [-0.3, -0.25) is 9.55 Å². The maximum Gasteiger partial charge on any atom is 0.203 e. The van der Waals surface area contributed by atoms with Gasteiger partial charge in [0, 0.05) is 29.6 Å². The number of pyridine rings is 1. The highest BCUT2D eigenvalue weighted by atomic mass is 32.1. The predicted molar refractivity (Wildman–Crippen MR) is 114 cm³/mol. The molecule has 28 heavy (non-hydrogen) atoms. The van der Waals surface area contributed by atoms with Crippen LogP contribution in [0.2, 0.25) is 0 Å². The Balaban J connectivity index is 1.54. The topological polar surface area (TPSA) is 40.1 Å². The molecule has 3 aromatic rings. The van der Waals surface area contributed by atoms with Crippen LogP contribution in [0.1, 0.15) is 49.8 Å². The summed E-state index contributed by atoms with van der Waals surface area (Å²) in [5, 5.41) is 4.89. The van der Waals surface area contributed by atoms with E-state index in [2.05, 4.69) is 54.7 Å². The summed E-state index contributed by atoms with van der Waals surface area (Å²) in [5.74, 6) is 1.53. The Morgan fingerprint density at radius 2 is 1.79 bits per heavy atom. The Morgan fingerprint density at radius 1 is 1.11 bits per heavy atom. The zero-order valence-electron chi connectivity index (χ0n) is 16.8. The summed E-state index contributed by atoms with van der Waals surface area (Å²) in [7, 11) is 2.19. The normalized spacial score (nSPS) is 15.1. The van der Waals surface area contributed by atoms with Gasteiger partial charge in [-0.25, -0.2) is 0 Å². The Kier molecular flexibility index (Phi) is 5.42. The summed E-state index contributed by atoms with van der Waals surface area (Å²) >= 11 is 5.79. The van der Waals surface area contributed by atoms with Crippen LogP contribution in [0.25, 0.3) is 11.4 Å². The van der Waals surface area contributed by atoms with Gasteiger partial charge in [-0.05, 0) is 48.7 Å². The van der Waals surface area contributed by atoms with Crippen LogP contribution >= 0.6 is 12.2 Å². The maximum atomic E-state index is 5.79. The average molecular weight is 395 g/mol. The number of aromatic nitrogens is 4. The minimum Gasteiger partial charge on any atom is -0.315 e. The molecular weight excluding hydrogens is 366 g/mol. The Bertz CT molecular complexity index is 984. The molecule has 1 aliphatic carbocycles. The molecule has 2 aromatic heterocycles. The molecule has 4 rings (SSSR count). The quantitative estimate of drug-likeness (QED) is 0.623. The second-order valence-electron chi connectivity index (χ2n) is 8.13. The highest BCUT2D eigenvalue weighted by Crippen LogP contribution is 2.38. The van der Waals surface area contributed by atoms with Crippen molar-refractivity contribution in [3.8, 4) is 11.4 Å². The Labute approximate surface area is 171 Å². The third-order valence-corrected chi connectivity index (χ3v) is 5.70. The number of nitrogens with zero attached hydrogens (tertiary/aromatic N) is 4. The van der Waals surface area contributed by atoms with Crippen LogP contribution in [0, 0.1) is 4.77 Å². The van der Waals surface area contributed by atoms with Crippen LogP contribution in [-0.2, 0) is 13.2 Å². The Hall–Kier alpha value is -2.31. The molecule has 6 heteroatoms. The van der Waals surface area contributed by atoms with Crippen LogP contribution in [0.5, 0.6) is 0 Å². The number of quaternary nitrogens is 1. The van der Waals surface area contributed by atoms with Crippen molar-refractivity contribution in [1.82, 2.24) is 19.3 Å². The van der Waals surface area contributed by atoms with Crippen molar-refractivity contribution in [2.75, 3.05) is 7.05 Å². The minimum atomic E-state index is 0.494. The van der Waals surface area contributed by atoms with Crippen LogP contribution in [-0.4, -0.2) is 26.4 Å². The number of hydrogen-bond acceptors (Lipinski definition) is 3. The van der Waals surface area contributed by atoms with Crippen molar-refractivity contribution in [3.05, 3.63) is 64.7 Å². The van der Waals surface area contributed by atoms with Gasteiger partial charge in [0.25, 0.3) is 0 Å². The molecule has 1 atom stereocenters. The average Bonchev–Trinajstić information content (AvgIpc) is 3.47. The van der Waals surface area contributed by atoms with Crippen molar-refractivity contribution in [3.63, 3.8) is 0 Å². The number of hydrogen-bond donors (Lipinski definition) is 1.